The third-order valence-corrected chi connectivity index (χ3v) is 12.2. The number of hydrogen-bond acceptors (Lipinski definition) is 7. The average molecular weight is 639 g/mol. The molecule has 0 aromatic heterocycles. The lowest BCUT2D eigenvalue weighted by Gasteiger charge is -2.40. The minimum absolute atomic E-state index is 0.0474. The summed E-state index contributed by atoms with van der Waals surface area (Å²) < 4.78 is 38.3. The first-order chi connectivity index (χ1) is 20.7. The monoisotopic (exact) mass is 638 g/mol. The summed E-state index contributed by atoms with van der Waals surface area (Å²) in [6.45, 7) is 2.44. The van der Waals surface area contributed by atoms with Gasteiger partial charge in [0.15, 0.2) is 0 Å². The van der Waals surface area contributed by atoms with Gasteiger partial charge >= 0.3 is 6.09 Å². The molecule has 3 heterocycles. The Morgan fingerprint density at radius 2 is 1.81 bits per heavy atom. The van der Waals surface area contributed by atoms with Crippen LogP contribution in [0.15, 0.2) is 24.3 Å². The van der Waals surface area contributed by atoms with Crippen LogP contribution in [0.25, 0.3) is 0 Å². The van der Waals surface area contributed by atoms with Crippen molar-refractivity contribution in [1.29, 1.82) is 0 Å². The molecule has 1 aromatic carbocycles. The molecule has 10 nitrogen and oxygen atoms in total. The fraction of sp³-hybridized carbons (Fsp3) is 0.742. The van der Waals surface area contributed by atoms with E-state index in [1.807, 2.05) is 24.3 Å². The molecule has 4 fully saturated rings. The molecular weight excluding hydrogens is 592 g/mol. The minimum atomic E-state index is -3.25. The van der Waals surface area contributed by atoms with Crippen molar-refractivity contribution in [3.63, 3.8) is 0 Å². The lowest BCUT2D eigenvalue weighted by molar-refractivity contribution is -0.125. The van der Waals surface area contributed by atoms with Gasteiger partial charge in [-0.1, -0.05) is 36.6 Å². The molecule has 0 radical (unpaired) electrons. The Hall–Kier alpha value is -1.92. The van der Waals surface area contributed by atoms with E-state index in [0.717, 1.165) is 63.4 Å². The first-order valence-electron chi connectivity index (χ1n) is 16.0. The quantitative estimate of drug-likeness (QED) is 0.376. The first kappa shape index (κ1) is 32.5. The van der Waals surface area contributed by atoms with Crippen LogP contribution in [0.2, 0.25) is 5.02 Å². The van der Waals surface area contributed by atoms with E-state index in [-0.39, 0.29) is 47.5 Å². The zero-order valence-corrected chi connectivity index (χ0v) is 26.7. The minimum Gasteiger partial charge on any atom is -0.453 e. The Morgan fingerprint density at radius 3 is 2.56 bits per heavy atom. The number of alkyl carbamates (subject to hydrolysis) is 1. The third-order valence-electron chi connectivity index (χ3n) is 10.00. The van der Waals surface area contributed by atoms with Crippen LogP contribution in [0, 0.1) is 11.8 Å². The summed E-state index contributed by atoms with van der Waals surface area (Å²) in [6, 6.07) is 6.80. The lowest BCUT2D eigenvalue weighted by Crippen LogP contribution is -2.57. The molecule has 3 N–H and O–H groups in total. The molecule has 3 aliphatic heterocycles. The molecule has 2 bridgehead atoms. The molecule has 0 spiro atoms. The average Bonchev–Trinajstić information content (AvgIpc) is 3.13. The highest BCUT2D eigenvalue weighted by Gasteiger charge is 2.41. The number of carbonyl (C=O) groups is 2. The summed E-state index contributed by atoms with van der Waals surface area (Å²) in [7, 11) is -1.94. The van der Waals surface area contributed by atoms with Gasteiger partial charge in [0, 0.05) is 55.4 Å². The number of fused-ring (bicyclic) bond motifs is 2. The van der Waals surface area contributed by atoms with Crippen molar-refractivity contribution in [2.45, 2.75) is 94.3 Å². The van der Waals surface area contributed by atoms with Gasteiger partial charge in [-0.05, 0) is 80.9 Å². The molecule has 2 amide bonds. The van der Waals surface area contributed by atoms with Crippen molar-refractivity contribution < 1.29 is 27.5 Å². The molecule has 7 atom stereocenters. The summed E-state index contributed by atoms with van der Waals surface area (Å²) in [5.41, 5.74) is 0.940. The van der Waals surface area contributed by atoms with Crippen LogP contribution in [0.4, 0.5) is 4.79 Å². The number of piperazine rings is 1. The normalized spacial score (nSPS) is 30.8. The van der Waals surface area contributed by atoms with Crippen LogP contribution >= 0.6 is 11.6 Å². The molecule has 3 saturated heterocycles. The van der Waals surface area contributed by atoms with Gasteiger partial charge in [0.25, 0.3) is 0 Å². The van der Waals surface area contributed by atoms with Crippen molar-refractivity contribution >= 4 is 33.6 Å². The van der Waals surface area contributed by atoms with E-state index in [1.165, 1.54) is 7.11 Å². The summed E-state index contributed by atoms with van der Waals surface area (Å²) >= 11 is 6.20. The Labute approximate surface area is 261 Å². The molecule has 1 saturated carbocycles. The molecule has 1 unspecified atom stereocenters. The van der Waals surface area contributed by atoms with Gasteiger partial charge in [-0.15, -0.1) is 0 Å². The molecule has 1 aliphatic carbocycles. The Bertz CT molecular complexity index is 1200. The van der Waals surface area contributed by atoms with Crippen LogP contribution in [0.5, 0.6) is 0 Å². The molecule has 4 aliphatic rings. The van der Waals surface area contributed by atoms with Crippen molar-refractivity contribution in [3.05, 3.63) is 34.9 Å². The second kappa shape index (κ2) is 14.9. The summed E-state index contributed by atoms with van der Waals surface area (Å²) in [5.74, 6) is 0.0900. The van der Waals surface area contributed by atoms with Gasteiger partial charge in [-0.2, -0.15) is 4.31 Å². The number of hydrogen-bond donors (Lipinski definition) is 3. The topological polar surface area (TPSA) is 126 Å². The molecule has 240 valence electrons. The number of rotatable bonds is 9. The fourth-order valence-corrected chi connectivity index (χ4v) is 9.60. The number of nitrogens with zero attached hydrogens (tertiary/aromatic N) is 1. The van der Waals surface area contributed by atoms with Crippen molar-refractivity contribution in [1.82, 2.24) is 20.3 Å². The van der Waals surface area contributed by atoms with Crippen molar-refractivity contribution in [2.75, 3.05) is 39.2 Å². The maximum atomic E-state index is 14.2. The number of carbonyl (C=O) groups excluding carboxylic acids is 2. The molecular formula is C31H47ClN4O6S. The van der Waals surface area contributed by atoms with E-state index in [9.17, 15) is 18.0 Å². The second-order valence-electron chi connectivity index (χ2n) is 12.7. The number of benzene rings is 1. The number of sulfonamides is 1. The maximum Gasteiger partial charge on any atom is 0.407 e. The second-order valence-corrected chi connectivity index (χ2v) is 15.1. The van der Waals surface area contributed by atoms with E-state index < -0.39 is 22.2 Å². The summed E-state index contributed by atoms with van der Waals surface area (Å²) in [6.07, 6.45) is 8.05. The smallest absolute Gasteiger partial charge is 0.407 e. The van der Waals surface area contributed by atoms with Gasteiger partial charge in [0.1, 0.15) is 6.04 Å². The van der Waals surface area contributed by atoms with E-state index in [4.69, 9.17) is 21.1 Å². The Balaban J connectivity index is 1.32. The van der Waals surface area contributed by atoms with Gasteiger partial charge in [0.2, 0.25) is 15.9 Å². The van der Waals surface area contributed by atoms with E-state index in [1.54, 1.807) is 4.31 Å². The van der Waals surface area contributed by atoms with E-state index in [0.29, 0.717) is 37.7 Å². The number of amides is 2. The van der Waals surface area contributed by atoms with Crippen molar-refractivity contribution in [3.8, 4) is 0 Å². The van der Waals surface area contributed by atoms with Crippen LogP contribution < -0.4 is 16.0 Å². The first-order valence-corrected chi connectivity index (χ1v) is 17.9. The van der Waals surface area contributed by atoms with Crippen molar-refractivity contribution in [2.24, 2.45) is 11.8 Å². The third kappa shape index (κ3) is 8.22. The highest BCUT2D eigenvalue weighted by Crippen LogP contribution is 2.37. The van der Waals surface area contributed by atoms with Crippen LogP contribution in [-0.2, 0) is 24.3 Å². The van der Waals surface area contributed by atoms with Gasteiger partial charge in [0.05, 0.1) is 12.9 Å². The van der Waals surface area contributed by atoms with E-state index >= 15 is 0 Å². The molecule has 5 rings (SSSR count). The summed E-state index contributed by atoms with van der Waals surface area (Å²) in [5, 5.41) is 10.4. The zero-order valence-electron chi connectivity index (χ0n) is 25.1. The standard InChI is InChI=1S/C31H47ClN4O6S/c1-41-31(38)35-29(28(23-14-16-42-17-15-23)22-8-11-24(32)12-9-22)30(37)34-27-7-3-2-5-21(27)10-13-26-19-33-25-6-4-18-43(39,40)36(26)20-25/h8-9,11-12,21,23,25-29,33H,2-7,10,13-20H2,1H3,(H,34,37)(H,35,38)/t21-,25-,26+,27+,28+,29+/m1/s1. The molecule has 1 aromatic rings. The van der Waals surface area contributed by atoms with Gasteiger partial charge in [-0.25, -0.2) is 13.2 Å². The van der Waals surface area contributed by atoms with Crippen LogP contribution in [0.3, 0.4) is 0 Å². The number of nitrogens with one attached hydrogen (secondary N) is 3. The Morgan fingerprint density at radius 1 is 1.07 bits per heavy atom. The molecule has 12 heteroatoms. The number of halogens is 1. The predicted octanol–water partition coefficient (Wildman–Crippen LogP) is 3.80. The van der Waals surface area contributed by atoms with E-state index in [2.05, 4.69) is 16.0 Å². The fourth-order valence-electron chi connectivity index (χ4n) is 7.67. The largest absolute Gasteiger partial charge is 0.453 e. The highest BCUT2D eigenvalue weighted by atomic mass is 35.5. The predicted molar refractivity (Wildman–Crippen MR) is 165 cm³/mol. The highest BCUT2D eigenvalue weighted by molar-refractivity contribution is 7.89. The summed E-state index contributed by atoms with van der Waals surface area (Å²) in [4.78, 5) is 26.7. The number of methoxy groups -OCH3 is 1. The van der Waals surface area contributed by atoms with Gasteiger partial charge in [-0.3, -0.25) is 4.79 Å². The van der Waals surface area contributed by atoms with Crippen LogP contribution in [0.1, 0.15) is 75.7 Å². The van der Waals surface area contributed by atoms with Crippen LogP contribution in [-0.4, -0.2) is 88.1 Å². The molecule has 43 heavy (non-hydrogen) atoms. The SMILES string of the molecule is COC(=O)N[C@H](C(=O)N[C@H]1CCCC[C@@H]1CC[C@H]1CN[C@@H]2CCCS(=O)(=O)N1C2)[C@@H](c1ccc(Cl)cc1)C1CCOCC1. The maximum absolute atomic E-state index is 14.2. The lowest BCUT2D eigenvalue weighted by atomic mass is 9.76. The zero-order chi connectivity index (χ0) is 30.4. The Kier molecular flexibility index (Phi) is 11.3. The van der Waals surface area contributed by atoms with Gasteiger partial charge < -0.3 is 25.4 Å². The number of ether oxygens (including phenoxy) is 2.